The van der Waals surface area contributed by atoms with Crippen molar-refractivity contribution in [2.45, 2.75) is 6.92 Å². The Kier molecular flexibility index (Phi) is 4.89. The van der Waals surface area contributed by atoms with Crippen molar-refractivity contribution < 1.29 is 4.79 Å². The van der Waals surface area contributed by atoms with Gasteiger partial charge in [0.05, 0.1) is 18.8 Å². The molecule has 0 bridgehead atoms. The number of carbonyl (C=O) groups excluding carboxylic acids is 1. The maximum absolute atomic E-state index is 12.2. The van der Waals surface area contributed by atoms with E-state index >= 15 is 0 Å². The number of aromatic nitrogens is 1. The van der Waals surface area contributed by atoms with Gasteiger partial charge in [-0.15, -0.1) is 11.3 Å². The Morgan fingerprint density at radius 3 is 2.58 bits per heavy atom. The minimum atomic E-state index is -0.261. The highest BCUT2D eigenvalue weighted by molar-refractivity contribution is 9.12. The van der Waals surface area contributed by atoms with Crippen LogP contribution in [0.15, 0.2) is 19.7 Å². The normalized spacial score (nSPS) is 10.6. The number of thiophene rings is 1. The molecule has 0 fully saturated rings. The fourth-order valence-corrected chi connectivity index (χ4v) is 4.79. The van der Waals surface area contributed by atoms with Crippen molar-refractivity contribution in [3.63, 3.8) is 0 Å². The first kappa shape index (κ1) is 15.3. The van der Waals surface area contributed by atoms with Crippen LogP contribution in [0, 0.1) is 6.92 Å². The Morgan fingerprint density at radius 2 is 2.05 bits per heavy atom. The molecule has 3 nitrogen and oxygen atoms in total. The van der Waals surface area contributed by atoms with Gasteiger partial charge >= 0.3 is 0 Å². The van der Waals surface area contributed by atoms with Crippen molar-refractivity contribution in [3.05, 3.63) is 41.1 Å². The van der Waals surface area contributed by atoms with Crippen LogP contribution in [-0.4, -0.2) is 10.9 Å². The SMILES string of the molecule is Cc1cc(Cl)nc(Cl)c1NC(=O)c1cc(Br)sc1Br. The van der Waals surface area contributed by atoms with Gasteiger partial charge < -0.3 is 5.32 Å². The summed E-state index contributed by atoms with van der Waals surface area (Å²) < 4.78 is 1.61. The number of rotatable bonds is 2. The summed E-state index contributed by atoms with van der Waals surface area (Å²) in [6, 6.07) is 3.37. The summed E-state index contributed by atoms with van der Waals surface area (Å²) in [7, 11) is 0. The van der Waals surface area contributed by atoms with Crippen molar-refractivity contribution in [2.75, 3.05) is 5.32 Å². The number of halogens is 4. The summed E-state index contributed by atoms with van der Waals surface area (Å²) in [5, 5.41) is 3.20. The van der Waals surface area contributed by atoms with Crippen LogP contribution in [0.4, 0.5) is 5.69 Å². The number of hydrogen-bond acceptors (Lipinski definition) is 3. The molecule has 0 aromatic carbocycles. The number of pyridine rings is 1. The molecule has 0 saturated heterocycles. The Bertz CT molecular complexity index is 637. The molecule has 0 saturated carbocycles. The van der Waals surface area contributed by atoms with Crippen molar-refractivity contribution in [1.82, 2.24) is 4.98 Å². The Morgan fingerprint density at radius 1 is 1.37 bits per heavy atom. The van der Waals surface area contributed by atoms with Crippen LogP contribution in [-0.2, 0) is 0 Å². The molecule has 2 aromatic heterocycles. The van der Waals surface area contributed by atoms with Gasteiger partial charge in [0, 0.05) is 0 Å². The number of carbonyl (C=O) groups is 1. The van der Waals surface area contributed by atoms with Gasteiger partial charge in [0.2, 0.25) is 0 Å². The number of nitrogens with one attached hydrogen (secondary N) is 1. The predicted octanol–water partition coefficient (Wildman–Crippen LogP) is 5.54. The fourth-order valence-electron chi connectivity index (χ4n) is 1.42. The van der Waals surface area contributed by atoms with Crippen molar-refractivity contribution >= 4 is 78.0 Å². The van der Waals surface area contributed by atoms with Crippen molar-refractivity contribution in [1.29, 1.82) is 0 Å². The second-order valence-corrected chi connectivity index (χ2v) is 8.11. The standard InChI is InChI=1S/C11H6Br2Cl2N2OS/c1-4-2-7(14)16-10(15)8(4)17-11(18)5-3-6(12)19-9(5)13/h2-3H,1H3,(H,17,18). The van der Waals surface area contributed by atoms with Crippen LogP contribution >= 0.6 is 66.4 Å². The number of hydrogen-bond donors (Lipinski definition) is 1. The lowest BCUT2D eigenvalue weighted by molar-refractivity contribution is 0.102. The molecule has 8 heteroatoms. The summed E-state index contributed by atoms with van der Waals surface area (Å²) in [6.45, 7) is 1.80. The number of anilines is 1. The van der Waals surface area contributed by atoms with Crippen LogP contribution < -0.4 is 5.32 Å². The van der Waals surface area contributed by atoms with Gasteiger partial charge in [0.25, 0.3) is 5.91 Å². The van der Waals surface area contributed by atoms with Gasteiger partial charge in [0.15, 0.2) is 5.15 Å². The quantitative estimate of drug-likeness (QED) is 0.618. The zero-order chi connectivity index (χ0) is 14.2. The van der Waals surface area contributed by atoms with E-state index in [0.29, 0.717) is 16.4 Å². The summed E-state index contributed by atoms with van der Waals surface area (Å²) in [5.74, 6) is -0.261. The molecule has 0 radical (unpaired) electrons. The van der Waals surface area contributed by atoms with E-state index in [2.05, 4.69) is 42.2 Å². The van der Waals surface area contributed by atoms with E-state index in [0.717, 1.165) is 13.1 Å². The van der Waals surface area contributed by atoms with E-state index < -0.39 is 0 Å². The summed E-state index contributed by atoms with van der Waals surface area (Å²) in [6.07, 6.45) is 0. The molecule has 0 aliphatic heterocycles. The average molecular weight is 445 g/mol. The van der Waals surface area contributed by atoms with Crippen LogP contribution in [0.5, 0.6) is 0 Å². The molecule has 1 amide bonds. The van der Waals surface area contributed by atoms with E-state index in [1.807, 2.05) is 0 Å². The predicted molar refractivity (Wildman–Crippen MR) is 86.7 cm³/mol. The lowest BCUT2D eigenvalue weighted by Crippen LogP contribution is -2.13. The monoisotopic (exact) mass is 442 g/mol. The molecule has 100 valence electrons. The maximum Gasteiger partial charge on any atom is 0.257 e. The van der Waals surface area contributed by atoms with E-state index in [4.69, 9.17) is 23.2 Å². The van der Waals surface area contributed by atoms with Gasteiger partial charge in [-0.05, 0) is 56.5 Å². The average Bonchev–Trinajstić information content (AvgIpc) is 2.62. The van der Waals surface area contributed by atoms with Crippen molar-refractivity contribution in [3.8, 4) is 0 Å². The van der Waals surface area contributed by atoms with Gasteiger partial charge in [-0.3, -0.25) is 4.79 Å². The largest absolute Gasteiger partial charge is 0.319 e. The molecule has 0 aliphatic rings. The topological polar surface area (TPSA) is 42.0 Å². The molecule has 0 unspecified atom stereocenters. The first-order valence-electron chi connectivity index (χ1n) is 4.97. The highest BCUT2D eigenvalue weighted by Crippen LogP contribution is 2.33. The van der Waals surface area contributed by atoms with E-state index in [9.17, 15) is 4.79 Å². The van der Waals surface area contributed by atoms with Gasteiger partial charge in [0.1, 0.15) is 5.15 Å². The Hall–Kier alpha value is -0.140. The molecule has 0 atom stereocenters. The molecular weight excluding hydrogens is 439 g/mol. The zero-order valence-electron chi connectivity index (χ0n) is 9.43. The van der Waals surface area contributed by atoms with E-state index in [1.165, 1.54) is 11.3 Å². The summed E-state index contributed by atoms with van der Waals surface area (Å²) in [4.78, 5) is 16.1. The molecule has 2 heterocycles. The fraction of sp³-hybridized carbons (Fsp3) is 0.0909. The first-order chi connectivity index (χ1) is 8.88. The third-order valence-corrected chi connectivity index (χ3v) is 5.09. The van der Waals surface area contributed by atoms with Gasteiger partial charge in [-0.1, -0.05) is 23.2 Å². The molecule has 0 aliphatic carbocycles. The van der Waals surface area contributed by atoms with Crippen LogP contribution in [0.1, 0.15) is 15.9 Å². The Balaban J connectivity index is 2.32. The number of amides is 1. The molecule has 0 spiro atoms. The minimum absolute atomic E-state index is 0.170. The third kappa shape index (κ3) is 3.49. The lowest BCUT2D eigenvalue weighted by atomic mass is 10.2. The smallest absolute Gasteiger partial charge is 0.257 e. The second-order valence-electron chi connectivity index (χ2n) is 3.62. The molecule has 19 heavy (non-hydrogen) atoms. The second kappa shape index (κ2) is 6.10. The number of nitrogens with zero attached hydrogens (tertiary/aromatic N) is 1. The molecular formula is C11H6Br2Cl2N2OS. The maximum atomic E-state index is 12.2. The van der Waals surface area contributed by atoms with Crippen LogP contribution in [0.3, 0.4) is 0 Å². The zero-order valence-corrected chi connectivity index (χ0v) is 14.9. The highest BCUT2D eigenvalue weighted by atomic mass is 79.9. The lowest BCUT2D eigenvalue weighted by Gasteiger charge is -2.09. The molecule has 1 N–H and O–H groups in total. The summed E-state index contributed by atoms with van der Waals surface area (Å²) in [5.41, 5.74) is 1.75. The van der Waals surface area contributed by atoms with Crippen LogP contribution in [0.2, 0.25) is 10.3 Å². The van der Waals surface area contributed by atoms with Crippen molar-refractivity contribution in [2.24, 2.45) is 0 Å². The molecule has 2 aromatic rings. The van der Waals surface area contributed by atoms with E-state index in [-0.39, 0.29) is 11.1 Å². The molecule has 2 rings (SSSR count). The Labute approximate surface area is 140 Å². The third-order valence-electron chi connectivity index (χ3n) is 2.28. The van der Waals surface area contributed by atoms with E-state index in [1.54, 1.807) is 19.1 Å². The van der Waals surface area contributed by atoms with Gasteiger partial charge in [-0.2, -0.15) is 0 Å². The van der Waals surface area contributed by atoms with Gasteiger partial charge in [-0.25, -0.2) is 4.98 Å². The number of aryl methyl sites for hydroxylation is 1. The summed E-state index contributed by atoms with van der Waals surface area (Å²) >= 11 is 19.9. The minimum Gasteiger partial charge on any atom is -0.319 e. The highest BCUT2D eigenvalue weighted by Gasteiger charge is 2.17. The van der Waals surface area contributed by atoms with Crippen LogP contribution in [0.25, 0.3) is 0 Å². The first-order valence-corrected chi connectivity index (χ1v) is 8.13.